The van der Waals surface area contributed by atoms with Gasteiger partial charge in [-0.05, 0) is 11.1 Å². The molecule has 0 fully saturated rings. The molecule has 182 valence electrons. The first-order valence-corrected chi connectivity index (χ1v) is 20.2. The van der Waals surface area contributed by atoms with Gasteiger partial charge in [0.1, 0.15) is 0 Å². The molecule has 0 atom stereocenters. The van der Waals surface area contributed by atoms with Gasteiger partial charge in [-0.25, -0.2) is 0 Å². The quantitative estimate of drug-likeness (QED) is 0.128. The van der Waals surface area contributed by atoms with Crippen molar-refractivity contribution in [1.29, 1.82) is 5.26 Å². The summed E-state index contributed by atoms with van der Waals surface area (Å²) < 4.78 is 3.88. The summed E-state index contributed by atoms with van der Waals surface area (Å²) in [5.74, 6) is 0. The van der Waals surface area contributed by atoms with E-state index in [2.05, 4.69) is 79.0 Å². The average Bonchev–Trinajstić information content (AvgIpc) is 2.99. The van der Waals surface area contributed by atoms with E-state index >= 15 is 0 Å². The van der Waals surface area contributed by atoms with E-state index in [9.17, 15) is 0 Å². The van der Waals surface area contributed by atoms with E-state index in [1.54, 1.807) is 4.90 Å². The molecular formula is C33H29ClN2Sn. The Labute approximate surface area is 228 Å². The van der Waals surface area contributed by atoms with Crippen molar-refractivity contribution in [3.63, 3.8) is 0 Å². The molecule has 4 heteroatoms. The van der Waals surface area contributed by atoms with Crippen molar-refractivity contribution < 1.29 is 0 Å². The summed E-state index contributed by atoms with van der Waals surface area (Å²) in [6, 6.07) is 51.7. The second-order valence-electron chi connectivity index (χ2n) is 8.68. The molecule has 37 heavy (non-hydrogen) atoms. The summed E-state index contributed by atoms with van der Waals surface area (Å²) >= 11 is -3.30. The average molecular weight is 608 g/mol. The molecule has 5 aromatic carbocycles. The van der Waals surface area contributed by atoms with Gasteiger partial charge in [-0.1, -0.05) is 60.7 Å². The first kappa shape index (κ1) is 26.5. The molecule has 0 radical (unpaired) electrons. The minimum atomic E-state index is -3.30. The van der Waals surface area contributed by atoms with Gasteiger partial charge >= 0.3 is 128 Å². The standard InChI is InChI=1S/C15H14N2.3C6H5.ClH.Sn/c16-13-17(11-14-7-3-1-4-8-14)12-15-9-5-2-6-10-15;3*1-2-4-6-5-3-1;;/h1-10H,11-12H2;3*1-5H;1H;/q;;;;;+1/p-1. The van der Waals surface area contributed by atoms with Crippen LogP contribution in [0.25, 0.3) is 0 Å². The van der Waals surface area contributed by atoms with Crippen LogP contribution in [-0.4, -0.2) is 22.2 Å². The van der Waals surface area contributed by atoms with Crippen LogP contribution in [0, 0.1) is 11.5 Å². The van der Waals surface area contributed by atoms with Crippen molar-refractivity contribution in [3.05, 3.63) is 163 Å². The molecule has 0 bridgehead atoms. The molecule has 0 aliphatic heterocycles. The summed E-state index contributed by atoms with van der Waals surface area (Å²) in [7, 11) is 7.33. The number of benzene rings is 5. The number of hydrogen-bond acceptors (Lipinski definition) is 2. The van der Waals surface area contributed by atoms with Crippen LogP contribution in [-0.2, 0) is 13.1 Å². The van der Waals surface area contributed by atoms with E-state index in [-0.39, 0.29) is 0 Å². The fraction of sp³-hybridized carbons (Fsp3) is 0.0606. The summed E-state index contributed by atoms with van der Waals surface area (Å²) in [6.07, 6.45) is 2.23. The molecule has 0 unspecified atom stereocenters. The van der Waals surface area contributed by atoms with E-state index in [1.807, 2.05) is 78.9 Å². The van der Waals surface area contributed by atoms with E-state index in [0.29, 0.717) is 13.1 Å². The zero-order valence-electron chi connectivity index (χ0n) is 20.6. The molecule has 2 nitrogen and oxygen atoms in total. The van der Waals surface area contributed by atoms with Gasteiger partial charge in [0.15, 0.2) is 6.19 Å². The second-order valence-corrected chi connectivity index (χ2v) is 21.2. The molecule has 5 rings (SSSR count). The molecule has 0 amide bonds. The Kier molecular flexibility index (Phi) is 9.82. The molecule has 0 aromatic heterocycles. The van der Waals surface area contributed by atoms with Gasteiger partial charge in [0, 0.05) is 0 Å². The third-order valence-corrected chi connectivity index (χ3v) is 20.1. The van der Waals surface area contributed by atoms with Crippen LogP contribution in [0.4, 0.5) is 0 Å². The zero-order valence-corrected chi connectivity index (χ0v) is 24.2. The van der Waals surface area contributed by atoms with Crippen LogP contribution in [0.1, 0.15) is 11.1 Å². The number of nitrogens with zero attached hydrogens (tertiary/aromatic N) is 2. The maximum atomic E-state index is 9.12. The predicted molar refractivity (Wildman–Crippen MR) is 158 cm³/mol. The molecule has 0 N–H and O–H groups in total. The zero-order chi connectivity index (χ0) is 25.8. The summed E-state index contributed by atoms with van der Waals surface area (Å²) in [6.45, 7) is 1.32. The van der Waals surface area contributed by atoms with Crippen LogP contribution >= 0.6 is 8.92 Å². The minimum absolute atomic E-state index is 0.659. The van der Waals surface area contributed by atoms with Crippen LogP contribution in [0.5, 0.6) is 0 Å². The van der Waals surface area contributed by atoms with Gasteiger partial charge in [0.25, 0.3) is 0 Å². The van der Waals surface area contributed by atoms with Crippen molar-refractivity contribution in [3.8, 4) is 6.19 Å². The van der Waals surface area contributed by atoms with Gasteiger partial charge < -0.3 is 4.90 Å². The van der Waals surface area contributed by atoms with Crippen molar-refractivity contribution in [2.45, 2.75) is 13.1 Å². The van der Waals surface area contributed by atoms with Gasteiger partial charge in [-0.2, -0.15) is 5.26 Å². The van der Waals surface area contributed by atoms with Crippen LogP contribution in [0.2, 0.25) is 0 Å². The van der Waals surface area contributed by atoms with Crippen molar-refractivity contribution in [2.24, 2.45) is 0 Å². The number of halogens is 1. The molecule has 0 spiro atoms. The third kappa shape index (κ3) is 7.26. The Bertz CT molecular complexity index is 1240. The molecule has 0 aliphatic rings. The third-order valence-electron chi connectivity index (χ3n) is 6.09. The van der Waals surface area contributed by atoms with Gasteiger partial charge in [0.2, 0.25) is 0 Å². The van der Waals surface area contributed by atoms with Gasteiger partial charge in [0.05, 0.1) is 13.1 Å². The Morgan fingerprint density at radius 2 is 0.757 bits per heavy atom. The number of nitriles is 1. The fourth-order valence-electron chi connectivity index (χ4n) is 4.24. The Morgan fingerprint density at radius 3 is 1.03 bits per heavy atom. The van der Waals surface area contributed by atoms with E-state index in [4.69, 9.17) is 14.2 Å². The molecule has 5 aromatic rings. The van der Waals surface area contributed by atoms with Crippen molar-refractivity contribution >= 4 is 36.9 Å². The monoisotopic (exact) mass is 608 g/mol. The van der Waals surface area contributed by atoms with E-state index < -0.39 is 17.3 Å². The van der Waals surface area contributed by atoms with Crippen LogP contribution in [0.3, 0.4) is 0 Å². The van der Waals surface area contributed by atoms with Crippen molar-refractivity contribution in [1.82, 2.24) is 4.90 Å². The maximum absolute atomic E-state index is 9.12. The Balaban J connectivity index is 0.000000176. The fourth-order valence-corrected chi connectivity index (χ4v) is 15.2. The topological polar surface area (TPSA) is 27.0 Å². The molecule has 0 aliphatic carbocycles. The molecule has 0 heterocycles. The second kappa shape index (κ2) is 13.7. The Morgan fingerprint density at radius 1 is 0.486 bits per heavy atom. The van der Waals surface area contributed by atoms with Crippen molar-refractivity contribution in [2.75, 3.05) is 0 Å². The SMILES string of the molecule is N#CN(Cc1ccccc1)Cc1ccccc1.[Cl][Sn]([c]1ccccc1)([c]1ccccc1)[c]1ccccc1. The summed E-state index contributed by atoms with van der Waals surface area (Å²) in [5, 5.41) is 9.12. The Hall–Kier alpha value is -3.52. The molecule has 0 saturated heterocycles. The number of rotatable bonds is 7. The first-order valence-electron chi connectivity index (χ1n) is 12.3. The van der Waals surface area contributed by atoms with E-state index in [0.717, 1.165) is 11.1 Å². The molecular weight excluding hydrogens is 579 g/mol. The van der Waals surface area contributed by atoms with Crippen LogP contribution in [0.15, 0.2) is 152 Å². The van der Waals surface area contributed by atoms with Gasteiger partial charge in [-0.15, -0.1) is 0 Å². The van der Waals surface area contributed by atoms with E-state index in [1.165, 1.54) is 10.7 Å². The number of hydrogen-bond donors (Lipinski definition) is 0. The first-order chi connectivity index (χ1) is 18.2. The summed E-state index contributed by atoms with van der Waals surface area (Å²) in [5.41, 5.74) is 2.31. The predicted octanol–water partition coefficient (Wildman–Crippen LogP) is 6.06. The summed E-state index contributed by atoms with van der Waals surface area (Å²) in [4.78, 5) is 1.75. The molecule has 0 saturated carbocycles. The van der Waals surface area contributed by atoms with Crippen LogP contribution < -0.4 is 10.7 Å². The van der Waals surface area contributed by atoms with Gasteiger partial charge in [-0.3, -0.25) is 0 Å². The normalized spacial score (nSPS) is 10.5.